The summed E-state index contributed by atoms with van der Waals surface area (Å²) in [6.45, 7) is 4.09. The fourth-order valence-electron chi connectivity index (χ4n) is 1.33. The van der Waals surface area contributed by atoms with Crippen LogP contribution in [0.25, 0.3) is 11.3 Å². The van der Waals surface area contributed by atoms with Crippen LogP contribution in [0.15, 0.2) is 33.6 Å². The predicted octanol–water partition coefficient (Wildman–Crippen LogP) is 2.25. The summed E-state index contributed by atoms with van der Waals surface area (Å²) in [5.41, 5.74) is 3.78. The molecule has 0 unspecified atom stereocenters. The Morgan fingerprint density at radius 2 is 1.93 bits per heavy atom. The molecule has 1 N–H and O–H groups in total. The van der Waals surface area contributed by atoms with Gasteiger partial charge in [0.1, 0.15) is 0 Å². The quantitative estimate of drug-likeness (QED) is 0.747. The summed E-state index contributed by atoms with van der Waals surface area (Å²) in [7, 11) is 0. The van der Waals surface area contributed by atoms with E-state index in [1.807, 2.05) is 25.1 Å². The van der Waals surface area contributed by atoms with Crippen molar-refractivity contribution in [2.24, 2.45) is 0 Å². The van der Waals surface area contributed by atoms with Gasteiger partial charge in [-0.2, -0.15) is 0 Å². The van der Waals surface area contributed by atoms with Crippen molar-refractivity contribution in [3.63, 3.8) is 0 Å². The van der Waals surface area contributed by atoms with E-state index in [0.717, 1.165) is 11.3 Å². The van der Waals surface area contributed by atoms with Crippen molar-refractivity contribution in [3.05, 3.63) is 45.8 Å². The van der Waals surface area contributed by atoms with Crippen LogP contribution in [0.2, 0.25) is 0 Å². The van der Waals surface area contributed by atoms with Gasteiger partial charge in [-0.3, -0.25) is 0 Å². The molecule has 0 fully saturated rings. The maximum atomic E-state index is 10.8. The SMILES string of the molecule is Cc1ccc(-c2cc(=O)o[nH]2)cc1C. The van der Waals surface area contributed by atoms with Crippen LogP contribution in [0.1, 0.15) is 11.1 Å². The van der Waals surface area contributed by atoms with E-state index < -0.39 is 0 Å². The first-order valence-electron chi connectivity index (χ1n) is 4.43. The van der Waals surface area contributed by atoms with Crippen molar-refractivity contribution in [3.8, 4) is 11.3 Å². The Bertz CT molecular complexity index is 508. The number of nitrogens with one attached hydrogen (secondary N) is 1. The number of hydrogen-bond donors (Lipinski definition) is 1. The van der Waals surface area contributed by atoms with Gasteiger partial charge >= 0.3 is 5.63 Å². The van der Waals surface area contributed by atoms with Gasteiger partial charge in [0.05, 0.1) is 11.8 Å². The summed E-state index contributed by atoms with van der Waals surface area (Å²) < 4.78 is 4.61. The summed E-state index contributed by atoms with van der Waals surface area (Å²) in [6, 6.07) is 7.46. The van der Waals surface area contributed by atoms with Gasteiger partial charge in [0.15, 0.2) is 0 Å². The maximum absolute atomic E-state index is 10.8. The minimum Gasteiger partial charge on any atom is -0.339 e. The molecule has 0 bridgehead atoms. The van der Waals surface area contributed by atoms with Gasteiger partial charge in [-0.15, -0.1) is 0 Å². The first-order valence-corrected chi connectivity index (χ1v) is 4.43. The Morgan fingerprint density at radius 1 is 1.14 bits per heavy atom. The molecule has 0 aliphatic rings. The summed E-state index contributed by atoms with van der Waals surface area (Å²) in [6.07, 6.45) is 0. The summed E-state index contributed by atoms with van der Waals surface area (Å²) in [4.78, 5) is 10.8. The van der Waals surface area contributed by atoms with Crippen molar-refractivity contribution in [1.29, 1.82) is 0 Å². The molecule has 1 aromatic heterocycles. The van der Waals surface area contributed by atoms with Crippen LogP contribution in [0, 0.1) is 13.8 Å². The standard InChI is InChI=1S/C11H11NO2/c1-7-3-4-9(5-8(7)2)10-6-11(13)14-12-10/h3-6,12H,1-2H3. The Morgan fingerprint density at radius 3 is 2.50 bits per heavy atom. The van der Waals surface area contributed by atoms with Gasteiger partial charge in [0.25, 0.3) is 0 Å². The van der Waals surface area contributed by atoms with Crippen molar-refractivity contribution >= 4 is 0 Å². The van der Waals surface area contributed by atoms with Crippen molar-refractivity contribution in [1.82, 2.24) is 5.16 Å². The second-order valence-corrected chi connectivity index (χ2v) is 3.38. The van der Waals surface area contributed by atoms with Crippen molar-refractivity contribution in [2.45, 2.75) is 13.8 Å². The van der Waals surface area contributed by atoms with Gasteiger partial charge in [-0.1, -0.05) is 12.1 Å². The van der Waals surface area contributed by atoms with E-state index in [0.29, 0.717) is 0 Å². The second-order valence-electron chi connectivity index (χ2n) is 3.38. The molecule has 0 atom stereocenters. The number of hydrogen-bond acceptors (Lipinski definition) is 2. The minimum atomic E-state index is -0.349. The molecule has 14 heavy (non-hydrogen) atoms. The lowest BCUT2D eigenvalue weighted by Gasteiger charge is -2.01. The van der Waals surface area contributed by atoms with E-state index >= 15 is 0 Å². The smallest absolute Gasteiger partial charge is 0.339 e. The second kappa shape index (κ2) is 3.18. The molecule has 3 nitrogen and oxygen atoms in total. The molecule has 0 amide bonds. The molecule has 1 heterocycles. The van der Waals surface area contributed by atoms with Crippen LogP contribution >= 0.6 is 0 Å². The number of H-pyrrole nitrogens is 1. The van der Waals surface area contributed by atoms with Crippen LogP contribution in [0.3, 0.4) is 0 Å². The fourth-order valence-corrected chi connectivity index (χ4v) is 1.33. The fraction of sp³-hybridized carbons (Fsp3) is 0.182. The lowest BCUT2D eigenvalue weighted by molar-refractivity contribution is 0.394. The van der Waals surface area contributed by atoms with E-state index in [1.54, 1.807) is 0 Å². The molecule has 3 heteroatoms. The largest absolute Gasteiger partial charge is 0.357 e. The molecule has 0 aliphatic carbocycles. The molecule has 0 saturated carbocycles. The molecule has 0 radical (unpaired) electrons. The Labute approximate surface area is 81.3 Å². The molecule has 0 aliphatic heterocycles. The van der Waals surface area contributed by atoms with Gasteiger partial charge in [0.2, 0.25) is 0 Å². The van der Waals surface area contributed by atoms with Crippen LogP contribution in [-0.2, 0) is 0 Å². The van der Waals surface area contributed by atoms with Gasteiger partial charge in [-0.25, -0.2) is 9.95 Å². The first kappa shape index (κ1) is 8.81. The molecule has 2 aromatic rings. The molecular formula is C11H11NO2. The zero-order valence-corrected chi connectivity index (χ0v) is 8.13. The third kappa shape index (κ3) is 1.48. The number of benzene rings is 1. The highest BCUT2D eigenvalue weighted by Crippen LogP contribution is 2.18. The third-order valence-corrected chi connectivity index (χ3v) is 2.34. The molecule has 2 rings (SSSR count). The van der Waals surface area contributed by atoms with Crippen LogP contribution in [-0.4, -0.2) is 5.16 Å². The highest BCUT2D eigenvalue weighted by molar-refractivity contribution is 5.59. The van der Waals surface area contributed by atoms with Gasteiger partial charge < -0.3 is 4.52 Å². The normalized spacial score (nSPS) is 10.4. The predicted molar refractivity (Wildman–Crippen MR) is 54.2 cm³/mol. The summed E-state index contributed by atoms with van der Waals surface area (Å²) in [5, 5.41) is 2.58. The van der Waals surface area contributed by atoms with Crippen LogP contribution in [0.5, 0.6) is 0 Å². The van der Waals surface area contributed by atoms with Gasteiger partial charge in [0, 0.05) is 5.56 Å². The molecular weight excluding hydrogens is 178 g/mol. The van der Waals surface area contributed by atoms with E-state index in [-0.39, 0.29) is 5.63 Å². The molecule has 1 aromatic carbocycles. The number of aryl methyl sites for hydroxylation is 2. The Hall–Kier alpha value is -1.77. The first-order chi connectivity index (χ1) is 6.66. The Kier molecular flexibility index (Phi) is 2.00. The van der Waals surface area contributed by atoms with E-state index in [9.17, 15) is 4.79 Å². The topological polar surface area (TPSA) is 46.0 Å². The summed E-state index contributed by atoms with van der Waals surface area (Å²) >= 11 is 0. The zero-order chi connectivity index (χ0) is 10.1. The average molecular weight is 189 g/mol. The third-order valence-electron chi connectivity index (χ3n) is 2.34. The van der Waals surface area contributed by atoms with Crippen LogP contribution in [0.4, 0.5) is 0 Å². The minimum absolute atomic E-state index is 0.349. The monoisotopic (exact) mass is 189 g/mol. The van der Waals surface area contributed by atoms with E-state index in [1.165, 1.54) is 17.2 Å². The van der Waals surface area contributed by atoms with Crippen molar-refractivity contribution < 1.29 is 4.52 Å². The number of rotatable bonds is 1. The van der Waals surface area contributed by atoms with E-state index in [2.05, 4.69) is 16.6 Å². The summed E-state index contributed by atoms with van der Waals surface area (Å²) in [5.74, 6) is 0. The van der Waals surface area contributed by atoms with E-state index in [4.69, 9.17) is 0 Å². The Balaban J connectivity index is 2.52. The van der Waals surface area contributed by atoms with Gasteiger partial charge in [-0.05, 0) is 31.0 Å². The number of aromatic amines is 1. The lowest BCUT2D eigenvalue weighted by Crippen LogP contribution is -1.86. The highest BCUT2D eigenvalue weighted by Gasteiger charge is 2.02. The molecule has 72 valence electrons. The average Bonchev–Trinajstić information content (AvgIpc) is 2.57. The lowest BCUT2D eigenvalue weighted by atomic mass is 10.0. The highest BCUT2D eigenvalue weighted by atomic mass is 16.5. The van der Waals surface area contributed by atoms with Crippen LogP contribution < -0.4 is 5.63 Å². The maximum Gasteiger partial charge on any atom is 0.357 e. The molecule has 0 saturated heterocycles. The zero-order valence-electron chi connectivity index (χ0n) is 8.13. The molecule has 0 spiro atoms. The van der Waals surface area contributed by atoms with Crippen molar-refractivity contribution in [2.75, 3.05) is 0 Å². The number of aromatic nitrogens is 1.